The van der Waals surface area contributed by atoms with Gasteiger partial charge in [0, 0.05) is 4.21 Å². The van der Waals surface area contributed by atoms with Gasteiger partial charge in [-0.05, 0) is 22.6 Å². The number of hydrogen-bond donors (Lipinski definition) is 0. The smallest absolute Gasteiger partial charge is 0.00818 e. The van der Waals surface area contributed by atoms with Gasteiger partial charge in [0.25, 0.3) is 3.76 Å². The summed E-state index contributed by atoms with van der Waals surface area (Å²) in [5.41, 5.74) is 0. The minimum atomic E-state index is 0.593. The zero-order valence-electron chi connectivity index (χ0n) is 1.90. The van der Waals surface area contributed by atoms with Crippen LogP contribution in [0.1, 0.15) is 0 Å². The van der Waals surface area contributed by atoms with E-state index < -0.39 is 0 Å². The van der Waals surface area contributed by atoms with Gasteiger partial charge in [-0.15, -0.1) is 0 Å². The predicted molar refractivity (Wildman–Crippen MR) is 26.9 cm³/mol. The molecule has 0 rings (SSSR count). The quantitative estimate of drug-likeness (QED) is 0.339. The molecule has 0 spiro atoms. The van der Waals surface area contributed by atoms with Crippen molar-refractivity contribution in [2.75, 3.05) is 3.76 Å². The van der Waals surface area contributed by atoms with E-state index in [0.29, 0.717) is 15.4 Å². The average Bonchev–Trinajstić information content (AvgIpc) is 1.37. The molecule has 0 aliphatic rings. The molecule has 0 bridgehead atoms. The fourth-order valence-corrected chi connectivity index (χ4v) is 0. The van der Waals surface area contributed by atoms with Gasteiger partial charge in [-0.1, -0.05) is 0 Å². The van der Waals surface area contributed by atoms with Crippen molar-refractivity contribution in [2.24, 2.45) is 0 Å². The molecule has 3 heteroatoms. The van der Waals surface area contributed by atoms with Crippen molar-refractivity contribution in [3.63, 3.8) is 0 Å². The molecule has 0 aromatic carbocycles. The molecule has 1 nitrogen and oxygen atoms in total. The van der Waals surface area contributed by atoms with Crippen molar-refractivity contribution in [1.82, 2.24) is 0 Å². The molecule has 0 fully saturated rings. The number of hydrogen-bond acceptors (Lipinski definition) is 1. The molecule has 0 N–H and O–H groups in total. The summed E-state index contributed by atoms with van der Waals surface area (Å²) in [6.45, 7) is 0. The molecule has 0 aromatic heterocycles. The van der Waals surface area contributed by atoms with Gasteiger partial charge in [-0.25, -0.2) is 0 Å². The van der Waals surface area contributed by atoms with Gasteiger partial charge in [0.05, 0.1) is 0 Å². The van der Waals surface area contributed by atoms with Gasteiger partial charge in [0.15, 0.2) is 0 Å². The Kier molecular flexibility index (Phi) is 4.45. The zero-order chi connectivity index (χ0) is 3.41. The van der Waals surface area contributed by atoms with Crippen LogP contribution in [0.2, 0.25) is 0 Å². The molecule has 0 heterocycles. The van der Waals surface area contributed by atoms with E-state index in [2.05, 4.69) is 0 Å². The third kappa shape index (κ3) is 2.75. The van der Waals surface area contributed by atoms with Crippen molar-refractivity contribution in [1.29, 1.82) is 0 Å². The molecule has 0 atom stereocenters. The van der Waals surface area contributed by atoms with Gasteiger partial charge >= 0.3 is 11.7 Å². The summed E-state index contributed by atoms with van der Waals surface area (Å²) < 4.78 is 9.86. The van der Waals surface area contributed by atoms with Gasteiger partial charge in [-0.3, -0.25) is 0 Å². The molecule has 0 radical (unpaired) electrons. The highest BCUT2D eigenvalue weighted by Gasteiger charge is 1.79. The lowest BCUT2D eigenvalue weighted by Crippen LogP contribution is -1.50. The first kappa shape index (κ1) is 4.75. The monoisotopic (exact) mass is 189 g/mol. The highest BCUT2D eigenvalue weighted by Crippen LogP contribution is 1.71. The summed E-state index contributed by atoms with van der Waals surface area (Å²) in [4.78, 5) is 0. The maximum Gasteiger partial charge on any atom is 0.469 e. The lowest BCUT2D eigenvalue weighted by Gasteiger charge is -1.26. The number of rotatable bonds is 1. The Morgan fingerprint density at radius 3 is 2.25 bits per heavy atom. The Labute approximate surface area is 42.4 Å². The van der Waals surface area contributed by atoms with Gasteiger partial charge in [-0.2, -0.15) is 0 Å². The summed E-state index contributed by atoms with van der Waals surface area (Å²) in [7, 11) is 0. The summed E-state index contributed by atoms with van der Waals surface area (Å²) in [5.74, 6) is 0. The number of halogens is 1. The van der Waals surface area contributed by atoms with Crippen LogP contribution < -0.4 is 0 Å². The molecule has 0 amide bonds. The second-order valence-electron chi connectivity index (χ2n) is 0.227. The van der Waals surface area contributed by atoms with Crippen molar-refractivity contribution in [2.45, 2.75) is 0 Å². The molecule has 0 saturated carbocycles. The SMILES string of the molecule is O=[S+]CI. The average molecular weight is 189 g/mol. The van der Waals surface area contributed by atoms with Gasteiger partial charge in [0.2, 0.25) is 0 Å². The Bertz CT molecular complexity index is 22.0. The largest absolute Gasteiger partial charge is 0.469 e. The molecular formula is CH2IOS+. The number of alkyl halides is 1. The Hall–Kier alpha value is 0.750. The first-order valence-electron chi connectivity index (χ1n) is 0.723. The van der Waals surface area contributed by atoms with Gasteiger partial charge in [0.1, 0.15) is 0 Å². The molecule has 0 aliphatic heterocycles. The summed E-state index contributed by atoms with van der Waals surface area (Å²) >= 11 is 2.60. The Morgan fingerprint density at radius 2 is 2.25 bits per heavy atom. The van der Waals surface area contributed by atoms with Crippen molar-refractivity contribution < 1.29 is 4.21 Å². The molecule has 0 aromatic rings. The first-order valence-corrected chi connectivity index (χ1v) is 3.16. The van der Waals surface area contributed by atoms with Crippen LogP contribution in [0.25, 0.3) is 0 Å². The Balaban J connectivity index is 2.30. The fourth-order valence-electron chi connectivity index (χ4n) is 0. The van der Waals surface area contributed by atoms with E-state index in [9.17, 15) is 4.21 Å². The lowest BCUT2D eigenvalue weighted by molar-refractivity contribution is 0.607. The first-order chi connectivity index (χ1) is 1.91. The minimum absolute atomic E-state index is 0.593. The zero-order valence-corrected chi connectivity index (χ0v) is 4.88. The molecule has 24 valence electrons. The van der Waals surface area contributed by atoms with Crippen LogP contribution >= 0.6 is 22.6 Å². The van der Waals surface area contributed by atoms with Crippen LogP contribution in [0.3, 0.4) is 0 Å². The molecular weight excluding hydrogens is 187 g/mol. The molecule has 0 unspecified atom stereocenters. The minimum Gasteiger partial charge on any atom is -0.00818 e. The maximum absolute atomic E-state index is 9.21. The van der Waals surface area contributed by atoms with Crippen LogP contribution in [-0.4, -0.2) is 3.76 Å². The van der Waals surface area contributed by atoms with Gasteiger partial charge < -0.3 is 0 Å². The van der Waals surface area contributed by atoms with E-state index in [1.807, 2.05) is 22.6 Å². The van der Waals surface area contributed by atoms with E-state index in [0.717, 1.165) is 0 Å². The topological polar surface area (TPSA) is 17.1 Å². The molecule has 0 saturated heterocycles. The fraction of sp³-hybridized carbons (Fsp3) is 1.00. The van der Waals surface area contributed by atoms with E-state index in [4.69, 9.17) is 0 Å². The van der Waals surface area contributed by atoms with Crippen LogP contribution in [0.5, 0.6) is 0 Å². The second-order valence-corrected chi connectivity index (χ2v) is 2.55. The summed E-state index contributed by atoms with van der Waals surface area (Å²) in [6, 6.07) is 0. The summed E-state index contributed by atoms with van der Waals surface area (Å²) in [5, 5.41) is 0. The van der Waals surface area contributed by atoms with E-state index >= 15 is 0 Å². The van der Waals surface area contributed by atoms with Crippen LogP contribution in [0, 0.1) is 0 Å². The third-order valence-corrected chi connectivity index (χ3v) is 0.896. The van der Waals surface area contributed by atoms with Crippen molar-refractivity contribution in [3.05, 3.63) is 0 Å². The highest BCUT2D eigenvalue weighted by atomic mass is 127. The van der Waals surface area contributed by atoms with Crippen LogP contribution in [-0.2, 0) is 15.9 Å². The van der Waals surface area contributed by atoms with Crippen molar-refractivity contribution >= 4 is 34.3 Å². The maximum atomic E-state index is 9.21. The highest BCUT2D eigenvalue weighted by molar-refractivity contribution is 14.1. The van der Waals surface area contributed by atoms with Crippen molar-refractivity contribution in [3.8, 4) is 0 Å². The molecule has 4 heavy (non-hydrogen) atoms. The molecule has 0 aliphatic carbocycles. The third-order valence-electron chi connectivity index (χ3n) is 0.0445. The van der Waals surface area contributed by atoms with Crippen LogP contribution in [0.4, 0.5) is 0 Å². The second kappa shape index (κ2) is 3.75. The van der Waals surface area contributed by atoms with E-state index in [-0.39, 0.29) is 0 Å². The predicted octanol–water partition coefficient (Wildman–Crippen LogP) is 0.807. The normalized spacial score (nSPS) is 6.25. The Morgan fingerprint density at radius 1 is 2.00 bits per heavy atom. The van der Waals surface area contributed by atoms with E-state index in [1.54, 1.807) is 0 Å². The van der Waals surface area contributed by atoms with E-state index in [1.165, 1.54) is 0 Å². The summed E-state index contributed by atoms with van der Waals surface area (Å²) in [6.07, 6.45) is 0. The lowest BCUT2D eigenvalue weighted by atomic mass is 12.0. The standard InChI is InChI=1S/CH2IOS/c2-1-4-3/h1H2/q+1. The van der Waals surface area contributed by atoms with Crippen LogP contribution in [0.15, 0.2) is 0 Å².